The first-order valence-electron chi connectivity index (χ1n) is 3.72. The molecule has 1 atom stereocenters. The van der Waals surface area contributed by atoms with E-state index >= 15 is 0 Å². The van der Waals surface area contributed by atoms with E-state index in [0.717, 1.165) is 0 Å². The fourth-order valence-electron chi connectivity index (χ4n) is 0.947. The number of ether oxygens (including phenoxy) is 1. The van der Waals surface area contributed by atoms with Gasteiger partial charge in [-0.3, -0.25) is 0 Å². The number of benzene rings is 1. The van der Waals surface area contributed by atoms with Crippen LogP contribution in [0.4, 0.5) is 10.1 Å². The molecule has 0 aliphatic carbocycles. The number of hydrogen-bond acceptors (Lipinski definition) is 2. The Morgan fingerprint density at radius 1 is 1.42 bits per heavy atom. The molecule has 0 aliphatic rings. The van der Waals surface area contributed by atoms with Crippen LogP contribution >= 0.6 is 0 Å². The van der Waals surface area contributed by atoms with Crippen LogP contribution < -0.4 is 5.73 Å². The maximum atomic E-state index is 13.1. The first kappa shape index (κ1) is 9.00. The summed E-state index contributed by atoms with van der Waals surface area (Å²) in [6.07, 6.45) is -1.06. The van der Waals surface area contributed by atoms with Gasteiger partial charge in [0.1, 0.15) is 6.17 Å². The summed E-state index contributed by atoms with van der Waals surface area (Å²) in [5.41, 5.74) is 6.69. The van der Waals surface area contributed by atoms with Crippen LogP contribution in [0.1, 0.15) is 11.7 Å². The SMILES string of the molecule is COCC(F)c1ccc(N)cc1. The molecular formula is C9H12FNO. The van der Waals surface area contributed by atoms with Crippen molar-refractivity contribution in [2.45, 2.75) is 6.17 Å². The summed E-state index contributed by atoms with van der Waals surface area (Å²) in [5, 5.41) is 0. The molecule has 2 N–H and O–H groups in total. The molecule has 1 unspecified atom stereocenters. The Balaban J connectivity index is 2.68. The summed E-state index contributed by atoms with van der Waals surface area (Å²) < 4.78 is 17.8. The summed E-state index contributed by atoms with van der Waals surface area (Å²) in [6.45, 7) is 0.0872. The summed E-state index contributed by atoms with van der Waals surface area (Å²) in [5.74, 6) is 0. The molecule has 0 aliphatic heterocycles. The van der Waals surface area contributed by atoms with E-state index in [1.165, 1.54) is 7.11 Å². The summed E-state index contributed by atoms with van der Waals surface area (Å²) >= 11 is 0. The van der Waals surface area contributed by atoms with E-state index in [0.29, 0.717) is 11.3 Å². The highest BCUT2D eigenvalue weighted by molar-refractivity contribution is 5.39. The third kappa shape index (κ3) is 2.20. The van der Waals surface area contributed by atoms with Crippen molar-refractivity contribution in [1.29, 1.82) is 0 Å². The third-order valence-electron chi connectivity index (χ3n) is 1.61. The number of nitrogen functional groups attached to an aromatic ring is 1. The second-order valence-electron chi connectivity index (χ2n) is 2.59. The first-order chi connectivity index (χ1) is 5.74. The minimum atomic E-state index is -1.06. The van der Waals surface area contributed by atoms with Gasteiger partial charge in [-0.25, -0.2) is 4.39 Å². The van der Waals surface area contributed by atoms with Crippen molar-refractivity contribution in [3.05, 3.63) is 29.8 Å². The fourth-order valence-corrected chi connectivity index (χ4v) is 0.947. The van der Waals surface area contributed by atoms with Gasteiger partial charge in [0, 0.05) is 12.8 Å². The van der Waals surface area contributed by atoms with Crippen molar-refractivity contribution in [3.8, 4) is 0 Å². The van der Waals surface area contributed by atoms with Crippen LogP contribution in [0.2, 0.25) is 0 Å². The minimum Gasteiger partial charge on any atom is -0.399 e. The van der Waals surface area contributed by atoms with Crippen LogP contribution in [0.5, 0.6) is 0 Å². The lowest BCUT2D eigenvalue weighted by atomic mass is 10.1. The number of nitrogens with two attached hydrogens (primary N) is 1. The Labute approximate surface area is 71.1 Å². The molecule has 0 saturated carbocycles. The molecular weight excluding hydrogens is 157 g/mol. The minimum absolute atomic E-state index is 0.0872. The van der Waals surface area contributed by atoms with Crippen molar-refractivity contribution in [2.75, 3.05) is 19.5 Å². The van der Waals surface area contributed by atoms with Crippen molar-refractivity contribution < 1.29 is 9.13 Å². The van der Waals surface area contributed by atoms with Gasteiger partial charge in [-0.05, 0) is 17.7 Å². The molecule has 0 fully saturated rings. The van der Waals surface area contributed by atoms with Gasteiger partial charge in [-0.1, -0.05) is 12.1 Å². The number of hydrogen-bond donors (Lipinski definition) is 1. The van der Waals surface area contributed by atoms with Crippen LogP contribution in [0.15, 0.2) is 24.3 Å². The molecule has 3 heteroatoms. The molecule has 1 aromatic rings. The normalized spacial score (nSPS) is 12.8. The fraction of sp³-hybridized carbons (Fsp3) is 0.333. The second kappa shape index (κ2) is 4.07. The van der Waals surface area contributed by atoms with Gasteiger partial charge in [0.05, 0.1) is 6.61 Å². The molecule has 0 amide bonds. The van der Waals surface area contributed by atoms with E-state index < -0.39 is 6.17 Å². The van der Waals surface area contributed by atoms with E-state index in [2.05, 4.69) is 4.74 Å². The molecule has 0 aromatic heterocycles. The highest BCUT2D eigenvalue weighted by Gasteiger charge is 2.07. The predicted octanol–water partition coefficient (Wildman–Crippen LogP) is 1.93. The standard InChI is InChI=1S/C9H12FNO/c1-12-6-9(10)7-2-4-8(11)5-3-7/h2-5,9H,6,11H2,1H3. The van der Waals surface area contributed by atoms with Gasteiger partial charge in [0.15, 0.2) is 0 Å². The first-order valence-corrected chi connectivity index (χ1v) is 3.72. The Bertz CT molecular complexity index is 235. The third-order valence-corrected chi connectivity index (χ3v) is 1.61. The number of alkyl halides is 1. The predicted molar refractivity (Wildman–Crippen MR) is 46.6 cm³/mol. The van der Waals surface area contributed by atoms with E-state index in [4.69, 9.17) is 5.73 Å². The average Bonchev–Trinajstić information content (AvgIpc) is 2.06. The summed E-state index contributed by atoms with van der Waals surface area (Å²) in [6, 6.07) is 6.69. The summed E-state index contributed by atoms with van der Waals surface area (Å²) in [7, 11) is 1.48. The molecule has 0 radical (unpaired) electrons. The molecule has 1 aromatic carbocycles. The lowest BCUT2D eigenvalue weighted by Crippen LogP contribution is -2.00. The molecule has 12 heavy (non-hydrogen) atoms. The van der Waals surface area contributed by atoms with Crippen LogP contribution in [0, 0.1) is 0 Å². The number of anilines is 1. The van der Waals surface area contributed by atoms with Crippen LogP contribution in [-0.4, -0.2) is 13.7 Å². The molecule has 0 bridgehead atoms. The lowest BCUT2D eigenvalue weighted by Gasteiger charge is -2.06. The van der Waals surface area contributed by atoms with Crippen molar-refractivity contribution in [2.24, 2.45) is 0 Å². The van der Waals surface area contributed by atoms with E-state index in [1.807, 2.05) is 0 Å². The Kier molecular flexibility index (Phi) is 3.05. The smallest absolute Gasteiger partial charge is 0.148 e. The molecule has 2 nitrogen and oxygen atoms in total. The highest BCUT2D eigenvalue weighted by atomic mass is 19.1. The van der Waals surface area contributed by atoms with Gasteiger partial charge in [-0.2, -0.15) is 0 Å². The molecule has 1 rings (SSSR count). The van der Waals surface area contributed by atoms with E-state index in [-0.39, 0.29) is 6.61 Å². The highest BCUT2D eigenvalue weighted by Crippen LogP contribution is 2.18. The van der Waals surface area contributed by atoms with E-state index in [1.54, 1.807) is 24.3 Å². The number of halogens is 1. The second-order valence-corrected chi connectivity index (χ2v) is 2.59. The van der Waals surface area contributed by atoms with Crippen molar-refractivity contribution in [1.82, 2.24) is 0 Å². The Morgan fingerprint density at radius 3 is 2.50 bits per heavy atom. The maximum absolute atomic E-state index is 13.1. The zero-order valence-corrected chi connectivity index (χ0v) is 6.96. The quantitative estimate of drug-likeness (QED) is 0.701. The van der Waals surface area contributed by atoms with Gasteiger partial charge in [0.2, 0.25) is 0 Å². The number of methoxy groups -OCH3 is 1. The van der Waals surface area contributed by atoms with Gasteiger partial charge in [0.25, 0.3) is 0 Å². The van der Waals surface area contributed by atoms with Crippen LogP contribution in [-0.2, 0) is 4.74 Å². The monoisotopic (exact) mass is 169 g/mol. The molecule has 66 valence electrons. The largest absolute Gasteiger partial charge is 0.399 e. The van der Waals surface area contributed by atoms with Crippen LogP contribution in [0.3, 0.4) is 0 Å². The molecule has 0 heterocycles. The summed E-state index contributed by atoms with van der Waals surface area (Å²) in [4.78, 5) is 0. The van der Waals surface area contributed by atoms with Crippen LogP contribution in [0.25, 0.3) is 0 Å². The van der Waals surface area contributed by atoms with Gasteiger partial charge < -0.3 is 10.5 Å². The number of rotatable bonds is 3. The Hall–Kier alpha value is -1.09. The van der Waals surface area contributed by atoms with Crippen molar-refractivity contribution >= 4 is 5.69 Å². The van der Waals surface area contributed by atoms with Gasteiger partial charge in [-0.15, -0.1) is 0 Å². The van der Waals surface area contributed by atoms with Gasteiger partial charge >= 0.3 is 0 Å². The Morgan fingerprint density at radius 2 is 2.00 bits per heavy atom. The topological polar surface area (TPSA) is 35.2 Å². The van der Waals surface area contributed by atoms with E-state index in [9.17, 15) is 4.39 Å². The lowest BCUT2D eigenvalue weighted by molar-refractivity contribution is 0.124. The zero-order chi connectivity index (χ0) is 8.97. The average molecular weight is 169 g/mol. The maximum Gasteiger partial charge on any atom is 0.148 e. The molecule has 0 saturated heterocycles. The zero-order valence-electron chi connectivity index (χ0n) is 6.96. The van der Waals surface area contributed by atoms with Crippen molar-refractivity contribution in [3.63, 3.8) is 0 Å². The molecule has 0 spiro atoms.